The second kappa shape index (κ2) is 7.22. The maximum Gasteiger partial charge on any atom is 0.248 e. The molecule has 4 nitrogen and oxygen atoms in total. The topological polar surface area (TPSA) is 43.6 Å². The van der Waals surface area contributed by atoms with Gasteiger partial charge in [0.25, 0.3) is 0 Å². The molecule has 0 bridgehead atoms. The third-order valence-electron chi connectivity index (χ3n) is 3.17. The molecule has 0 N–H and O–H groups in total. The van der Waals surface area contributed by atoms with E-state index in [-0.39, 0.29) is 5.91 Å². The van der Waals surface area contributed by atoms with Crippen LogP contribution < -0.4 is 9.54 Å². The van der Waals surface area contributed by atoms with E-state index in [4.69, 9.17) is 4.74 Å². The number of aromatic nitrogens is 1. The van der Waals surface area contributed by atoms with Crippen LogP contribution >= 0.6 is 11.3 Å². The molecule has 5 heteroatoms. The Labute approximate surface area is 128 Å². The normalized spacial score (nSPS) is 11.8. The number of rotatable bonds is 6. The highest BCUT2D eigenvalue weighted by Crippen LogP contribution is 2.23. The zero-order chi connectivity index (χ0) is 15.2. The van der Waals surface area contributed by atoms with Crippen LogP contribution in [0.5, 0.6) is 5.75 Å². The Morgan fingerprint density at radius 2 is 2.33 bits per heavy atom. The van der Waals surface area contributed by atoms with E-state index >= 15 is 0 Å². The number of hydrogen-bond acceptors (Lipinski definition) is 3. The van der Waals surface area contributed by atoms with E-state index in [1.165, 1.54) is 11.3 Å². The fourth-order valence-corrected chi connectivity index (χ4v) is 3.15. The van der Waals surface area contributed by atoms with Gasteiger partial charge in [0, 0.05) is 13.0 Å². The summed E-state index contributed by atoms with van der Waals surface area (Å²) in [6.45, 7) is 6.48. The van der Waals surface area contributed by atoms with Gasteiger partial charge in [0.05, 0.1) is 17.3 Å². The van der Waals surface area contributed by atoms with Gasteiger partial charge in [-0.2, -0.15) is 4.99 Å². The molecule has 0 atom stereocenters. The molecule has 0 saturated heterocycles. The molecular formula is C16H20N2O2S. The first-order chi connectivity index (χ1) is 10.2. The summed E-state index contributed by atoms with van der Waals surface area (Å²) in [5.74, 6) is 0.742. The van der Waals surface area contributed by atoms with Crippen LogP contribution in [0.25, 0.3) is 10.2 Å². The van der Waals surface area contributed by atoms with E-state index in [9.17, 15) is 4.79 Å². The minimum Gasteiger partial charge on any atom is -0.497 e. The van der Waals surface area contributed by atoms with Crippen molar-refractivity contribution in [1.82, 2.24) is 4.57 Å². The molecule has 0 aliphatic carbocycles. The lowest BCUT2D eigenvalue weighted by molar-refractivity contribution is -0.118. The number of benzene rings is 1. The van der Waals surface area contributed by atoms with Crippen molar-refractivity contribution in [2.45, 2.75) is 32.7 Å². The number of carbonyl (C=O) groups excluding carboxylic acids is 1. The van der Waals surface area contributed by atoms with E-state index in [0.29, 0.717) is 13.0 Å². The van der Waals surface area contributed by atoms with Crippen molar-refractivity contribution in [3.8, 4) is 5.75 Å². The maximum absolute atomic E-state index is 11.9. The molecule has 0 spiro atoms. The summed E-state index contributed by atoms with van der Waals surface area (Å²) in [6.07, 6.45) is 4.19. The molecule has 0 radical (unpaired) electrons. The Kier molecular flexibility index (Phi) is 5.33. The molecular weight excluding hydrogens is 284 g/mol. The van der Waals surface area contributed by atoms with Crippen molar-refractivity contribution >= 4 is 27.5 Å². The fraction of sp³-hybridized carbons (Fsp3) is 0.375. The van der Waals surface area contributed by atoms with Crippen molar-refractivity contribution in [1.29, 1.82) is 0 Å². The molecule has 0 aliphatic rings. The first-order valence-corrected chi connectivity index (χ1v) is 7.87. The van der Waals surface area contributed by atoms with Gasteiger partial charge < -0.3 is 9.30 Å². The lowest BCUT2D eigenvalue weighted by Crippen LogP contribution is -2.16. The van der Waals surface area contributed by atoms with Crippen LogP contribution in [-0.2, 0) is 11.3 Å². The summed E-state index contributed by atoms with van der Waals surface area (Å²) < 4.78 is 8.31. The van der Waals surface area contributed by atoms with Crippen molar-refractivity contribution < 1.29 is 9.53 Å². The summed E-state index contributed by atoms with van der Waals surface area (Å²) >= 11 is 1.50. The molecule has 112 valence electrons. The molecule has 0 unspecified atom stereocenters. The molecule has 1 amide bonds. The second-order valence-electron chi connectivity index (χ2n) is 4.73. The van der Waals surface area contributed by atoms with E-state index in [0.717, 1.165) is 33.6 Å². The molecule has 1 aromatic carbocycles. The summed E-state index contributed by atoms with van der Waals surface area (Å²) in [5.41, 5.74) is 1.04. The van der Waals surface area contributed by atoms with E-state index in [1.54, 1.807) is 7.11 Å². The van der Waals surface area contributed by atoms with Crippen LogP contribution in [0.15, 0.2) is 35.8 Å². The Hall–Kier alpha value is -1.88. The molecule has 21 heavy (non-hydrogen) atoms. The minimum absolute atomic E-state index is 0.0619. The van der Waals surface area contributed by atoms with Crippen molar-refractivity contribution in [2.75, 3.05) is 7.11 Å². The van der Waals surface area contributed by atoms with Crippen LogP contribution in [0.2, 0.25) is 0 Å². The number of carbonyl (C=O) groups is 1. The summed E-state index contributed by atoms with van der Waals surface area (Å²) in [6, 6.07) is 5.87. The molecule has 0 saturated carbocycles. The maximum atomic E-state index is 11.9. The fourth-order valence-electron chi connectivity index (χ4n) is 2.06. The number of amides is 1. The average molecular weight is 304 g/mol. The first kappa shape index (κ1) is 15.5. The summed E-state index contributed by atoms with van der Waals surface area (Å²) in [4.78, 5) is 16.9. The van der Waals surface area contributed by atoms with Gasteiger partial charge in [-0.15, -0.1) is 6.58 Å². The van der Waals surface area contributed by atoms with Crippen LogP contribution in [-0.4, -0.2) is 17.6 Å². The average Bonchev–Trinajstić information content (AvgIpc) is 2.82. The SMILES string of the molecule is C=CCn1c(=NC(=O)CCCC)sc2cc(OC)ccc21. The molecule has 0 aliphatic heterocycles. The number of nitrogens with zero attached hydrogens (tertiary/aromatic N) is 2. The third-order valence-corrected chi connectivity index (χ3v) is 4.21. The monoisotopic (exact) mass is 304 g/mol. The van der Waals surface area contributed by atoms with Crippen LogP contribution in [0.3, 0.4) is 0 Å². The van der Waals surface area contributed by atoms with E-state index < -0.39 is 0 Å². The first-order valence-electron chi connectivity index (χ1n) is 7.05. The van der Waals surface area contributed by atoms with Gasteiger partial charge >= 0.3 is 0 Å². The third kappa shape index (κ3) is 3.61. The lowest BCUT2D eigenvalue weighted by atomic mass is 10.2. The standard InChI is InChI=1S/C16H20N2O2S/c1-4-6-7-15(19)17-16-18(10-5-2)13-9-8-12(20-3)11-14(13)21-16/h5,8-9,11H,2,4,6-7,10H2,1,3H3. The van der Waals surface area contributed by atoms with Gasteiger partial charge in [0.2, 0.25) is 5.91 Å². The van der Waals surface area contributed by atoms with Gasteiger partial charge in [-0.1, -0.05) is 30.8 Å². The number of hydrogen-bond donors (Lipinski definition) is 0. The summed E-state index contributed by atoms with van der Waals surface area (Å²) in [7, 11) is 1.64. The molecule has 0 fully saturated rings. The Morgan fingerprint density at radius 3 is 3.00 bits per heavy atom. The molecule has 2 aromatic rings. The predicted molar refractivity (Wildman–Crippen MR) is 86.7 cm³/mol. The van der Waals surface area contributed by atoms with Crippen LogP contribution in [0.4, 0.5) is 0 Å². The summed E-state index contributed by atoms with van der Waals surface area (Å²) in [5, 5.41) is 0. The van der Waals surface area contributed by atoms with Gasteiger partial charge in [-0.25, -0.2) is 0 Å². The van der Waals surface area contributed by atoms with Crippen molar-refractivity contribution in [2.24, 2.45) is 4.99 Å². The Balaban J connectivity index is 2.50. The smallest absolute Gasteiger partial charge is 0.248 e. The van der Waals surface area contributed by atoms with E-state index in [2.05, 4.69) is 18.5 Å². The highest BCUT2D eigenvalue weighted by molar-refractivity contribution is 7.16. The molecule has 1 aromatic heterocycles. The number of methoxy groups -OCH3 is 1. The highest BCUT2D eigenvalue weighted by atomic mass is 32.1. The predicted octanol–water partition coefficient (Wildman–Crippen LogP) is 3.51. The van der Waals surface area contributed by atoms with Gasteiger partial charge in [0.1, 0.15) is 5.75 Å². The van der Waals surface area contributed by atoms with Gasteiger partial charge in [0.15, 0.2) is 4.80 Å². The molecule has 2 rings (SSSR count). The largest absolute Gasteiger partial charge is 0.497 e. The lowest BCUT2D eigenvalue weighted by Gasteiger charge is -2.02. The second-order valence-corrected chi connectivity index (χ2v) is 5.74. The van der Waals surface area contributed by atoms with Gasteiger partial charge in [-0.05, 0) is 24.6 Å². The number of fused-ring (bicyclic) bond motifs is 1. The zero-order valence-electron chi connectivity index (χ0n) is 12.5. The van der Waals surface area contributed by atoms with Gasteiger partial charge in [-0.3, -0.25) is 4.79 Å². The van der Waals surface area contributed by atoms with Crippen LogP contribution in [0.1, 0.15) is 26.2 Å². The number of thiazole rings is 1. The molecule has 1 heterocycles. The van der Waals surface area contributed by atoms with Crippen LogP contribution in [0, 0.1) is 0 Å². The highest BCUT2D eigenvalue weighted by Gasteiger charge is 2.08. The van der Waals surface area contributed by atoms with E-state index in [1.807, 2.05) is 28.8 Å². The number of ether oxygens (including phenoxy) is 1. The zero-order valence-corrected chi connectivity index (χ0v) is 13.3. The van der Waals surface area contributed by atoms with Crippen molar-refractivity contribution in [3.05, 3.63) is 35.7 Å². The number of unbranched alkanes of at least 4 members (excludes halogenated alkanes) is 1. The number of allylic oxidation sites excluding steroid dienone is 1. The quantitative estimate of drug-likeness (QED) is 0.766. The Morgan fingerprint density at radius 1 is 1.52 bits per heavy atom. The Bertz CT molecular complexity index is 713. The van der Waals surface area contributed by atoms with Crippen molar-refractivity contribution in [3.63, 3.8) is 0 Å². The minimum atomic E-state index is -0.0619.